The topological polar surface area (TPSA) is 39.1 Å². The van der Waals surface area contributed by atoms with Crippen LogP contribution in [-0.2, 0) is 7.05 Å². The minimum absolute atomic E-state index is 0.167. The Balaban J connectivity index is 2.45. The van der Waals surface area contributed by atoms with Gasteiger partial charge in [-0.15, -0.1) is 0 Å². The highest BCUT2D eigenvalue weighted by Gasteiger charge is 2.21. The Kier molecular flexibility index (Phi) is 5.20. The summed E-state index contributed by atoms with van der Waals surface area (Å²) in [6.45, 7) is 2.89. The quantitative estimate of drug-likeness (QED) is 0.889. The molecule has 2 aromatic rings. The molecule has 0 saturated carbocycles. The van der Waals surface area contributed by atoms with E-state index in [4.69, 9.17) is 16.3 Å². The maximum Gasteiger partial charge on any atom is 0.165 e. The minimum atomic E-state index is -0.383. The van der Waals surface area contributed by atoms with Crippen LogP contribution >= 0.6 is 11.6 Å². The van der Waals surface area contributed by atoms with E-state index in [0.717, 1.165) is 24.2 Å². The predicted molar refractivity (Wildman–Crippen MR) is 81.3 cm³/mol. The van der Waals surface area contributed by atoms with Crippen LogP contribution in [-0.4, -0.2) is 23.4 Å². The third-order valence-electron chi connectivity index (χ3n) is 3.32. The second kappa shape index (κ2) is 6.91. The molecule has 114 valence electrons. The Morgan fingerprint density at radius 3 is 2.81 bits per heavy atom. The van der Waals surface area contributed by atoms with Gasteiger partial charge in [-0.1, -0.05) is 24.6 Å². The number of nitrogens with one attached hydrogen (secondary N) is 1. The zero-order chi connectivity index (χ0) is 15.4. The summed E-state index contributed by atoms with van der Waals surface area (Å²) >= 11 is 6.24. The van der Waals surface area contributed by atoms with Gasteiger partial charge in [0.15, 0.2) is 11.6 Å². The van der Waals surface area contributed by atoms with Gasteiger partial charge in [0.2, 0.25) is 0 Å². The molecule has 0 spiro atoms. The maximum atomic E-state index is 13.6. The first kappa shape index (κ1) is 15.8. The lowest BCUT2D eigenvalue weighted by atomic mass is 10.0. The summed E-state index contributed by atoms with van der Waals surface area (Å²) in [4.78, 5) is 0. The molecule has 1 atom stereocenters. The van der Waals surface area contributed by atoms with Crippen LogP contribution < -0.4 is 10.1 Å². The SMILES string of the molecule is CCCNC(c1ccc(F)c(OC)c1)c1c(Cl)cnn1C. The first-order valence-corrected chi connectivity index (χ1v) is 7.20. The van der Waals surface area contributed by atoms with Crippen molar-refractivity contribution in [2.45, 2.75) is 19.4 Å². The fraction of sp³-hybridized carbons (Fsp3) is 0.400. The molecule has 1 N–H and O–H groups in total. The number of benzene rings is 1. The second-order valence-corrected chi connectivity index (χ2v) is 5.19. The third-order valence-corrected chi connectivity index (χ3v) is 3.61. The number of hydrogen-bond donors (Lipinski definition) is 1. The highest BCUT2D eigenvalue weighted by atomic mass is 35.5. The molecule has 2 rings (SSSR count). The van der Waals surface area contributed by atoms with Crippen LogP contribution in [0.5, 0.6) is 5.75 Å². The molecule has 21 heavy (non-hydrogen) atoms. The molecule has 0 aliphatic rings. The Morgan fingerprint density at radius 2 is 2.24 bits per heavy atom. The highest BCUT2D eigenvalue weighted by Crippen LogP contribution is 2.30. The number of aromatic nitrogens is 2. The fourth-order valence-corrected chi connectivity index (χ4v) is 2.54. The van der Waals surface area contributed by atoms with Gasteiger partial charge in [-0.05, 0) is 30.7 Å². The molecule has 1 unspecified atom stereocenters. The monoisotopic (exact) mass is 311 g/mol. The smallest absolute Gasteiger partial charge is 0.165 e. The molecular weight excluding hydrogens is 293 g/mol. The summed E-state index contributed by atoms with van der Waals surface area (Å²) < 4.78 is 20.4. The standard InChI is InChI=1S/C15H19ClFN3O/c1-4-7-18-14(15-11(16)9-19-20(15)2)10-5-6-12(17)13(8-10)21-3/h5-6,8-9,14,18H,4,7H2,1-3H3. The molecule has 0 amide bonds. The van der Waals surface area contributed by atoms with E-state index in [1.54, 1.807) is 23.0 Å². The average Bonchev–Trinajstić information content (AvgIpc) is 2.81. The van der Waals surface area contributed by atoms with Crippen molar-refractivity contribution in [3.8, 4) is 5.75 Å². The molecule has 4 nitrogen and oxygen atoms in total. The number of nitrogens with zero attached hydrogens (tertiary/aromatic N) is 2. The summed E-state index contributed by atoms with van der Waals surface area (Å²) in [5, 5.41) is 8.17. The maximum absolute atomic E-state index is 13.6. The zero-order valence-corrected chi connectivity index (χ0v) is 13.1. The van der Waals surface area contributed by atoms with E-state index in [0.29, 0.717) is 5.02 Å². The molecule has 0 fully saturated rings. The van der Waals surface area contributed by atoms with Gasteiger partial charge >= 0.3 is 0 Å². The van der Waals surface area contributed by atoms with E-state index in [-0.39, 0.29) is 17.6 Å². The minimum Gasteiger partial charge on any atom is -0.494 e. The highest BCUT2D eigenvalue weighted by molar-refractivity contribution is 6.31. The van der Waals surface area contributed by atoms with Gasteiger partial charge < -0.3 is 10.1 Å². The normalized spacial score (nSPS) is 12.4. The molecule has 0 saturated heterocycles. The van der Waals surface area contributed by atoms with Gasteiger partial charge in [-0.2, -0.15) is 5.10 Å². The van der Waals surface area contributed by atoms with Crippen LogP contribution in [0.2, 0.25) is 5.02 Å². The van der Waals surface area contributed by atoms with Gasteiger partial charge in [0.25, 0.3) is 0 Å². The number of methoxy groups -OCH3 is 1. The number of ether oxygens (including phenoxy) is 1. The summed E-state index contributed by atoms with van der Waals surface area (Å²) in [5.74, 6) is -0.166. The van der Waals surface area contributed by atoms with Crippen LogP contribution in [0.3, 0.4) is 0 Å². The Hall–Kier alpha value is -1.59. The average molecular weight is 312 g/mol. The van der Waals surface area contributed by atoms with Crippen molar-refractivity contribution in [1.29, 1.82) is 0 Å². The van der Waals surface area contributed by atoms with Gasteiger partial charge in [-0.3, -0.25) is 4.68 Å². The van der Waals surface area contributed by atoms with E-state index in [1.165, 1.54) is 13.2 Å². The van der Waals surface area contributed by atoms with Crippen LogP contribution in [0, 0.1) is 5.82 Å². The molecular formula is C15H19ClFN3O. The molecule has 1 aromatic heterocycles. The first-order valence-electron chi connectivity index (χ1n) is 6.82. The van der Waals surface area contributed by atoms with E-state index >= 15 is 0 Å². The fourth-order valence-electron chi connectivity index (χ4n) is 2.26. The third kappa shape index (κ3) is 3.36. The van der Waals surface area contributed by atoms with E-state index in [1.807, 2.05) is 7.05 Å². The van der Waals surface area contributed by atoms with Crippen molar-refractivity contribution in [2.75, 3.05) is 13.7 Å². The van der Waals surface area contributed by atoms with Crippen LogP contribution in [0.1, 0.15) is 30.6 Å². The van der Waals surface area contributed by atoms with Crippen molar-refractivity contribution in [2.24, 2.45) is 7.05 Å². The van der Waals surface area contributed by atoms with Crippen LogP contribution in [0.4, 0.5) is 4.39 Å². The van der Waals surface area contributed by atoms with Gasteiger partial charge in [-0.25, -0.2) is 4.39 Å². The van der Waals surface area contributed by atoms with Crippen LogP contribution in [0.15, 0.2) is 24.4 Å². The summed E-state index contributed by atoms with van der Waals surface area (Å²) in [7, 11) is 3.29. The Bertz CT molecular complexity index is 595. The number of halogens is 2. The number of aryl methyl sites for hydroxylation is 1. The second-order valence-electron chi connectivity index (χ2n) is 4.78. The van der Waals surface area contributed by atoms with E-state index in [2.05, 4.69) is 17.3 Å². The first-order chi connectivity index (χ1) is 10.1. The lowest BCUT2D eigenvalue weighted by Crippen LogP contribution is -2.25. The predicted octanol–water partition coefficient (Wildman–Crippen LogP) is 3.31. The number of hydrogen-bond acceptors (Lipinski definition) is 3. The molecule has 0 radical (unpaired) electrons. The van der Waals surface area contributed by atoms with Gasteiger partial charge in [0, 0.05) is 7.05 Å². The van der Waals surface area contributed by atoms with Crippen molar-refractivity contribution in [3.05, 3.63) is 46.5 Å². The summed E-state index contributed by atoms with van der Waals surface area (Å²) in [6.07, 6.45) is 2.59. The van der Waals surface area contributed by atoms with E-state index in [9.17, 15) is 4.39 Å². The van der Waals surface area contributed by atoms with Gasteiger partial charge in [0.1, 0.15) is 0 Å². The lowest BCUT2D eigenvalue weighted by molar-refractivity contribution is 0.385. The molecule has 0 aliphatic carbocycles. The molecule has 1 heterocycles. The molecule has 1 aromatic carbocycles. The molecule has 0 bridgehead atoms. The Morgan fingerprint density at radius 1 is 1.48 bits per heavy atom. The lowest BCUT2D eigenvalue weighted by Gasteiger charge is -2.20. The summed E-state index contributed by atoms with van der Waals surface area (Å²) in [6, 6.07) is 4.65. The van der Waals surface area contributed by atoms with E-state index < -0.39 is 0 Å². The number of rotatable bonds is 6. The largest absolute Gasteiger partial charge is 0.494 e. The molecule has 6 heteroatoms. The van der Waals surface area contributed by atoms with Crippen molar-refractivity contribution in [3.63, 3.8) is 0 Å². The molecule has 0 aliphatic heterocycles. The Labute approximate surface area is 128 Å². The van der Waals surface area contributed by atoms with Crippen molar-refractivity contribution in [1.82, 2.24) is 15.1 Å². The zero-order valence-electron chi connectivity index (χ0n) is 12.4. The summed E-state index contributed by atoms with van der Waals surface area (Å²) in [5.41, 5.74) is 1.73. The van der Waals surface area contributed by atoms with Crippen molar-refractivity contribution >= 4 is 11.6 Å². The van der Waals surface area contributed by atoms with Crippen LogP contribution in [0.25, 0.3) is 0 Å². The van der Waals surface area contributed by atoms with Crippen molar-refractivity contribution < 1.29 is 9.13 Å². The van der Waals surface area contributed by atoms with Gasteiger partial charge in [0.05, 0.1) is 30.1 Å².